The van der Waals surface area contributed by atoms with E-state index in [2.05, 4.69) is 4.74 Å². The zero-order valence-corrected chi connectivity index (χ0v) is 12.1. The van der Waals surface area contributed by atoms with Crippen LogP contribution in [0.25, 0.3) is 0 Å². The average Bonchev–Trinajstić information content (AvgIpc) is 2.48. The number of phenols is 2. The van der Waals surface area contributed by atoms with Crippen molar-refractivity contribution in [3.8, 4) is 11.5 Å². The van der Waals surface area contributed by atoms with Gasteiger partial charge in [-0.15, -0.1) is 0 Å². The van der Waals surface area contributed by atoms with Crippen molar-refractivity contribution in [1.29, 1.82) is 0 Å². The molecule has 7 N–H and O–H groups in total. The van der Waals surface area contributed by atoms with Crippen molar-refractivity contribution < 1.29 is 34.4 Å². The van der Waals surface area contributed by atoms with E-state index in [-0.39, 0.29) is 30.8 Å². The van der Waals surface area contributed by atoms with Gasteiger partial charge in [0.25, 0.3) is 0 Å². The minimum Gasteiger partial charge on any atom is -0.504 e. The molecule has 0 spiro atoms. The maximum absolute atomic E-state index is 11.7. The lowest BCUT2D eigenvalue weighted by molar-refractivity contribution is -0.160. The van der Waals surface area contributed by atoms with E-state index < -0.39 is 30.0 Å². The van der Waals surface area contributed by atoms with E-state index in [4.69, 9.17) is 16.6 Å². The lowest BCUT2D eigenvalue weighted by Crippen LogP contribution is -2.36. The Kier molecular flexibility index (Phi) is 6.49. The number of aromatic hydroxyl groups is 2. The van der Waals surface area contributed by atoms with Crippen LogP contribution in [0.15, 0.2) is 18.2 Å². The first-order chi connectivity index (χ1) is 10.7. The lowest BCUT2D eigenvalue weighted by atomic mass is 10.1. The fourth-order valence-corrected chi connectivity index (χ4v) is 1.67. The number of phenolic OH excluding ortho intramolecular Hbond substituents is 2. The number of rotatable bonds is 7. The molecule has 0 radical (unpaired) electrons. The first kappa shape index (κ1) is 18.4. The Morgan fingerprint density at radius 3 is 2.30 bits per heavy atom. The third kappa shape index (κ3) is 5.93. The SMILES string of the molecule is NC(CCC(=O)OC(=O)C(N)Cc1ccc(O)c(O)c1)C(=O)O. The van der Waals surface area contributed by atoms with E-state index in [1.54, 1.807) is 0 Å². The Labute approximate surface area is 131 Å². The summed E-state index contributed by atoms with van der Waals surface area (Å²) in [6.45, 7) is 0. The summed E-state index contributed by atoms with van der Waals surface area (Å²) in [4.78, 5) is 33.6. The fourth-order valence-electron chi connectivity index (χ4n) is 1.67. The summed E-state index contributed by atoms with van der Waals surface area (Å²) in [5.41, 5.74) is 11.3. The molecule has 0 aromatic heterocycles. The van der Waals surface area contributed by atoms with E-state index in [9.17, 15) is 24.6 Å². The van der Waals surface area contributed by atoms with Gasteiger partial charge in [0.05, 0.1) is 0 Å². The Bertz CT molecular complexity index is 603. The van der Waals surface area contributed by atoms with Gasteiger partial charge in [-0.05, 0) is 30.5 Å². The number of aliphatic carboxylic acids is 1. The third-order valence-electron chi connectivity index (χ3n) is 2.99. The van der Waals surface area contributed by atoms with E-state index in [1.165, 1.54) is 18.2 Å². The highest BCUT2D eigenvalue weighted by molar-refractivity contribution is 5.88. The zero-order chi connectivity index (χ0) is 17.6. The Morgan fingerprint density at radius 1 is 1.09 bits per heavy atom. The minimum atomic E-state index is -1.26. The van der Waals surface area contributed by atoms with Crippen LogP contribution in [0.3, 0.4) is 0 Å². The van der Waals surface area contributed by atoms with Crippen LogP contribution in [0.1, 0.15) is 18.4 Å². The molecule has 0 aliphatic carbocycles. The summed E-state index contributed by atoms with van der Waals surface area (Å²) < 4.78 is 4.51. The highest BCUT2D eigenvalue weighted by atomic mass is 16.6. The molecule has 126 valence electrons. The molecular weight excluding hydrogens is 308 g/mol. The molecule has 0 saturated carbocycles. The number of carboxylic acids is 1. The summed E-state index contributed by atoms with van der Waals surface area (Å²) in [5, 5.41) is 27.1. The van der Waals surface area contributed by atoms with E-state index in [0.29, 0.717) is 5.56 Å². The van der Waals surface area contributed by atoms with Crippen molar-refractivity contribution in [3.05, 3.63) is 23.8 Å². The molecule has 2 unspecified atom stereocenters. The maximum Gasteiger partial charge on any atom is 0.330 e. The summed E-state index contributed by atoms with van der Waals surface area (Å²) in [7, 11) is 0. The topological polar surface area (TPSA) is 173 Å². The largest absolute Gasteiger partial charge is 0.504 e. The third-order valence-corrected chi connectivity index (χ3v) is 2.99. The number of carbonyl (C=O) groups excluding carboxylic acids is 2. The predicted octanol–water partition coefficient (Wildman–Crippen LogP) is -0.771. The van der Waals surface area contributed by atoms with Crippen LogP contribution in [0.4, 0.5) is 0 Å². The van der Waals surface area contributed by atoms with Crippen molar-refractivity contribution >= 4 is 17.9 Å². The minimum absolute atomic E-state index is 0.0193. The van der Waals surface area contributed by atoms with Gasteiger partial charge in [-0.1, -0.05) is 6.07 Å². The lowest BCUT2D eigenvalue weighted by Gasteiger charge is -2.11. The molecule has 0 heterocycles. The summed E-state index contributed by atoms with van der Waals surface area (Å²) in [5.74, 6) is -3.83. The molecule has 0 bridgehead atoms. The molecule has 9 nitrogen and oxygen atoms in total. The first-order valence-corrected chi connectivity index (χ1v) is 6.70. The van der Waals surface area contributed by atoms with Gasteiger partial charge in [0, 0.05) is 6.42 Å². The van der Waals surface area contributed by atoms with Crippen molar-refractivity contribution in [2.45, 2.75) is 31.3 Å². The van der Waals surface area contributed by atoms with Gasteiger partial charge in [-0.3, -0.25) is 9.59 Å². The number of carboxylic acid groups (broad SMARTS) is 1. The monoisotopic (exact) mass is 326 g/mol. The standard InChI is InChI=1S/C14H18N2O7/c15-8(13(20)21)2-4-12(19)23-14(22)9(16)5-7-1-3-10(17)11(18)6-7/h1,3,6,8-9,17-18H,2,4-5,15-16H2,(H,20,21). The Morgan fingerprint density at radius 2 is 1.74 bits per heavy atom. The number of hydrogen-bond donors (Lipinski definition) is 5. The van der Waals surface area contributed by atoms with Crippen LogP contribution in [0.5, 0.6) is 11.5 Å². The molecule has 0 aliphatic heterocycles. The number of benzene rings is 1. The number of esters is 2. The molecular formula is C14H18N2O7. The second-order valence-electron chi connectivity index (χ2n) is 4.91. The Balaban J connectivity index is 2.48. The van der Waals surface area contributed by atoms with Gasteiger partial charge in [0.2, 0.25) is 0 Å². The van der Waals surface area contributed by atoms with Crippen LogP contribution in [0, 0.1) is 0 Å². The molecule has 1 aromatic rings. The van der Waals surface area contributed by atoms with Gasteiger partial charge >= 0.3 is 17.9 Å². The molecule has 9 heteroatoms. The predicted molar refractivity (Wildman–Crippen MR) is 77.4 cm³/mol. The molecule has 1 rings (SSSR count). The van der Waals surface area contributed by atoms with Crippen molar-refractivity contribution in [2.24, 2.45) is 11.5 Å². The highest BCUT2D eigenvalue weighted by Crippen LogP contribution is 2.25. The highest BCUT2D eigenvalue weighted by Gasteiger charge is 2.21. The quantitative estimate of drug-likeness (QED) is 0.245. The fraction of sp³-hybridized carbons (Fsp3) is 0.357. The molecule has 2 atom stereocenters. The van der Waals surface area contributed by atoms with Gasteiger partial charge < -0.3 is 31.5 Å². The van der Waals surface area contributed by atoms with E-state index in [1.807, 2.05) is 0 Å². The maximum atomic E-state index is 11.7. The van der Waals surface area contributed by atoms with Gasteiger partial charge in [0.1, 0.15) is 12.1 Å². The zero-order valence-electron chi connectivity index (χ0n) is 12.1. The van der Waals surface area contributed by atoms with Gasteiger partial charge in [-0.2, -0.15) is 0 Å². The molecule has 0 amide bonds. The smallest absolute Gasteiger partial charge is 0.330 e. The van der Waals surface area contributed by atoms with Crippen molar-refractivity contribution in [1.82, 2.24) is 0 Å². The van der Waals surface area contributed by atoms with E-state index >= 15 is 0 Å². The van der Waals surface area contributed by atoms with E-state index in [0.717, 1.165) is 0 Å². The second-order valence-corrected chi connectivity index (χ2v) is 4.91. The van der Waals surface area contributed by atoms with Crippen LogP contribution in [-0.4, -0.2) is 45.3 Å². The summed E-state index contributed by atoms with van der Waals surface area (Å²) >= 11 is 0. The molecule has 0 aliphatic rings. The van der Waals surface area contributed by atoms with Crippen molar-refractivity contribution in [3.63, 3.8) is 0 Å². The van der Waals surface area contributed by atoms with Crippen LogP contribution < -0.4 is 11.5 Å². The van der Waals surface area contributed by atoms with Crippen LogP contribution >= 0.6 is 0 Å². The molecule has 0 fully saturated rings. The molecule has 1 aromatic carbocycles. The van der Waals surface area contributed by atoms with Gasteiger partial charge in [0.15, 0.2) is 11.5 Å². The van der Waals surface area contributed by atoms with Crippen LogP contribution in [0.2, 0.25) is 0 Å². The van der Waals surface area contributed by atoms with Crippen LogP contribution in [-0.2, 0) is 25.5 Å². The normalized spacial score (nSPS) is 13.1. The number of ether oxygens (including phenoxy) is 1. The number of hydrogen-bond acceptors (Lipinski definition) is 8. The summed E-state index contributed by atoms with van der Waals surface area (Å²) in [6, 6.07) is 1.55. The Hall–Kier alpha value is -2.65. The average molecular weight is 326 g/mol. The molecule has 0 saturated heterocycles. The second kappa shape index (κ2) is 8.11. The first-order valence-electron chi connectivity index (χ1n) is 6.70. The summed E-state index contributed by atoms with van der Waals surface area (Å²) in [6.07, 6.45) is -0.511. The molecule has 23 heavy (non-hydrogen) atoms. The van der Waals surface area contributed by atoms with Gasteiger partial charge in [-0.25, -0.2) is 4.79 Å². The number of carbonyl (C=O) groups is 3. The number of nitrogens with two attached hydrogens (primary N) is 2. The van der Waals surface area contributed by atoms with Crippen molar-refractivity contribution in [2.75, 3.05) is 0 Å².